The van der Waals surface area contributed by atoms with Gasteiger partial charge in [0.1, 0.15) is 19.3 Å². The lowest BCUT2D eigenvalue weighted by molar-refractivity contribution is -0.141. The first-order valence-electron chi connectivity index (χ1n) is 15.7. The van der Waals surface area contributed by atoms with Crippen molar-refractivity contribution < 1.29 is 27.5 Å². The van der Waals surface area contributed by atoms with Crippen LogP contribution in [-0.4, -0.2) is 63.2 Å². The second-order valence-electron chi connectivity index (χ2n) is 12.0. The summed E-state index contributed by atoms with van der Waals surface area (Å²) >= 11 is 0. The SMILES string of the molecule is Cc1ccc(CN(C(=O)CCCN(c2ccc3c(c2)OCCO3)S(C)(=O)=O)C(Cc2ccccc2)C(=O)NC2CCCC2)cc1. The van der Waals surface area contributed by atoms with Gasteiger partial charge in [-0.3, -0.25) is 13.9 Å². The first-order valence-corrected chi connectivity index (χ1v) is 17.6. The highest BCUT2D eigenvalue weighted by Gasteiger charge is 2.32. The Kier molecular flexibility index (Phi) is 10.7. The molecular weight excluding hydrogens is 590 g/mol. The topological polar surface area (TPSA) is 105 Å². The van der Waals surface area contributed by atoms with Gasteiger partial charge >= 0.3 is 0 Å². The van der Waals surface area contributed by atoms with Crippen LogP contribution in [0.1, 0.15) is 55.2 Å². The maximum Gasteiger partial charge on any atom is 0.243 e. The smallest absolute Gasteiger partial charge is 0.243 e. The number of amides is 2. The predicted octanol–water partition coefficient (Wildman–Crippen LogP) is 5.01. The molecule has 3 aromatic carbocycles. The molecule has 9 nitrogen and oxygen atoms in total. The largest absolute Gasteiger partial charge is 0.486 e. The third-order valence-electron chi connectivity index (χ3n) is 8.41. The molecule has 45 heavy (non-hydrogen) atoms. The number of anilines is 1. The normalized spacial score (nSPS) is 15.3. The molecule has 1 aliphatic carbocycles. The summed E-state index contributed by atoms with van der Waals surface area (Å²) < 4.78 is 38.2. The molecular formula is C35H43N3O6S. The Balaban J connectivity index is 1.37. The van der Waals surface area contributed by atoms with Crippen LogP contribution < -0.4 is 19.1 Å². The molecule has 1 unspecified atom stereocenters. The van der Waals surface area contributed by atoms with E-state index in [1.54, 1.807) is 23.1 Å². The van der Waals surface area contributed by atoms with Crippen LogP contribution >= 0.6 is 0 Å². The van der Waals surface area contributed by atoms with Gasteiger partial charge in [-0.2, -0.15) is 0 Å². The number of ether oxygens (including phenoxy) is 2. The van der Waals surface area contributed by atoms with Crippen LogP contribution in [0.4, 0.5) is 5.69 Å². The Morgan fingerprint density at radius 2 is 1.60 bits per heavy atom. The summed E-state index contributed by atoms with van der Waals surface area (Å²) in [6.07, 6.45) is 5.93. The number of nitrogens with zero attached hydrogens (tertiary/aromatic N) is 2. The Morgan fingerprint density at radius 1 is 0.911 bits per heavy atom. The van der Waals surface area contributed by atoms with Crippen LogP contribution in [-0.2, 0) is 32.6 Å². The zero-order valence-corrected chi connectivity index (χ0v) is 26.9. The summed E-state index contributed by atoms with van der Waals surface area (Å²) in [5.74, 6) is 0.708. The van der Waals surface area contributed by atoms with Crippen LogP contribution in [0.5, 0.6) is 11.5 Å². The average Bonchev–Trinajstić information content (AvgIpc) is 3.54. The molecule has 10 heteroatoms. The number of sulfonamides is 1. The first-order chi connectivity index (χ1) is 21.7. The lowest BCUT2D eigenvalue weighted by Gasteiger charge is -2.33. The van der Waals surface area contributed by atoms with Crippen LogP contribution in [0.15, 0.2) is 72.8 Å². The molecule has 0 radical (unpaired) electrons. The van der Waals surface area contributed by atoms with Crippen molar-refractivity contribution in [2.45, 2.75) is 70.5 Å². The van der Waals surface area contributed by atoms with Gasteiger partial charge in [0.2, 0.25) is 21.8 Å². The highest BCUT2D eigenvalue weighted by molar-refractivity contribution is 7.92. The van der Waals surface area contributed by atoms with E-state index >= 15 is 0 Å². The summed E-state index contributed by atoms with van der Waals surface area (Å²) in [5.41, 5.74) is 3.45. The highest BCUT2D eigenvalue weighted by Crippen LogP contribution is 2.35. The van der Waals surface area contributed by atoms with E-state index in [0.717, 1.165) is 48.6 Å². The van der Waals surface area contributed by atoms with Gasteiger partial charge in [-0.25, -0.2) is 8.42 Å². The Bertz CT molecular complexity index is 1560. The van der Waals surface area contributed by atoms with Crippen LogP contribution in [0.2, 0.25) is 0 Å². The molecule has 2 amide bonds. The standard InChI is InChI=1S/C35H43N3O6S/c1-26-14-16-28(17-15-26)25-37(31(23-27-9-4-3-5-10-27)35(40)36-29-11-6-7-12-29)34(39)13-8-20-38(45(2,41)42)30-18-19-32-33(24-30)44-22-21-43-32/h3-5,9-10,14-19,24,29,31H,6-8,11-13,20-23,25H2,1-2H3,(H,36,40). The van der Waals surface area contributed by atoms with E-state index in [0.29, 0.717) is 36.8 Å². The molecule has 0 bridgehead atoms. The number of hydrogen-bond acceptors (Lipinski definition) is 6. The Morgan fingerprint density at radius 3 is 2.29 bits per heavy atom. The molecule has 240 valence electrons. The first kappa shape index (κ1) is 32.3. The third kappa shape index (κ3) is 8.78. The molecule has 0 spiro atoms. The lowest BCUT2D eigenvalue weighted by atomic mass is 10.0. The van der Waals surface area contributed by atoms with Crippen molar-refractivity contribution in [1.29, 1.82) is 0 Å². The minimum absolute atomic E-state index is 0.0738. The maximum absolute atomic E-state index is 14.1. The zero-order chi connectivity index (χ0) is 31.8. The molecule has 3 aromatic rings. The number of aryl methyl sites for hydroxylation is 1. The number of benzene rings is 3. The zero-order valence-electron chi connectivity index (χ0n) is 26.1. The van der Waals surface area contributed by atoms with Crippen molar-refractivity contribution >= 4 is 27.5 Å². The fourth-order valence-electron chi connectivity index (χ4n) is 6.00. The minimum atomic E-state index is -3.65. The summed E-state index contributed by atoms with van der Waals surface area (Å²) in [6, 6.07) is 22.2. The van der Waals surface area contributed by atoms with Gasteiger partial charge in [-0.1, -0.05) is 73.0 Å². The molecule has 1 atom stereocenters. The highest BCUT2D eigenvalue weighted by atomic mass is 32.2. The van der Waals surface area contributed by atoms with Crippen molar-refractivity contribution in [2.24, 2.45) is 0 Å². The van der Waals surface area contributed by atoms with E-state index in [2.05, 4.69) is 5.32 Å². The van der Waals surface area contributed by atoms with E-state index in [1.807, 2.05) is 61.5 Å². The summed E-state index contributed by atoms with van der Waals surface area (Å²) in [4.78, 5) is 29.7. The van der Waals surface area contributed by atoms with E-state index in [1.165, 1.54) is 4.31 Å². The molecule has 0 saturated heterocycles. The molecule has 5 rings (SSSR count). The Labute approximate surface area is 266 Å². The molecule has 1 N–H and O–H groups in total. The van der Waals surface area contributed by atoms with Gasteiger partial charge in [0, 0.05) is 38.0 Å². The minimum Gasteiger partial charge on any atom is -0.486 e. The van der Waals surface area contributed by atoms with Gasteiger partial charge in [-0.05, 0) is 49.4 Å². The fraction of sp³-hybridized carbons (Fsp3) is 0.429. The summed E-state index contributed by atoms with van der Waals surface area (Å²) in [7, 11) is -3.65. The molecule has 1 saturated carbocycles. The molecule has 1 fully saturated rings. The maximum atomic E-state index is 14.1. The quantitative estimate of drug-likeness (QED) is 0.284. The molecule has 1 aliphatic heterocycles. The average molecular weight is 634 g/mol. The van der Waals surface area contributed by atoms with Gasteiger partial charge in [0.05, 0.1) is 11.9 Å². The van der Waals surface area contributed by atoms with Crippen molar-refractivity contribution in [1.82, 2.24) is 10.2 Å². The Hall–Kier alpha value is -4.05. The second-order valence-corrected chi connectivity index (χ2v) is 13.9. The van der Waals surface area contributed by atoms with Crippen molar-refractivity contribution in [2.75, 3.05) is 30.3 Å². The number of carbonyl (C=O) groups excluding carboxylic acids is 2. The molecule has 1 heterocycles. The van der Waals surface area contributed by atoms with Crippen molar-refractivity contribution in [3.63, 3.8) is 0 Å². The molecule has 0 aromatic heterocycles. The number of rotatable bonds is 13. The second kappa shape index (κ2) is 14.8. The van der Waals surface area contributed by atoms with E-state index in [4.69, 9.17) is 9.47 Å². The van der Waals surface area contributed by atoms with Gasteiger partial charge < -0.3 is 19.7 Å². The van der Waals surface area contributed by atoms with Crippen LogP contribution in [0.3, 0.4) is 0 Å². The van der Waals surface area contributed by atoms with Crippen molar-refractivity contribution in [3.05, 3.63) is 89.5 Å². The summed E-state index contributed by atoms with van der Waals surface area (Å²) in [5, 5.41) is 3.23. The van der Waals surface area contributed by atoms with Gasteiger partial charge in [-0.15, -0.1) is 0 Å². The monoisotopic (exact) mass is 633 g/mol. The van der Waals surface area contributed by atoms with E-state index in [-0.39, 0.29) is 43.8 Å². The van der Waals surface area contributed by atoms with Gasteiger partial charge in [0.15, 0.2) is 11.5 Å². The van der Waals surface area contributed by atoms with Crippen LogP contribution in [0.25, 0.3) is 0 Å². The van der Waals surface area contributed by atoms with E-state index < -0.39 is 16.1 Å². The number of nitrogens with one attached hydrogen (secondary N) is 1. The number of fused-ring (bicyclic) bond motifs is 1. The van der Waals surface area contributed by atoms with E-state index in [9.17, 15) is 18.0 Å². The van der Waals surface area contributed by atoms with Crippen molar-refractivity contribution in [3.8, 4) is 11.5 Å². The van der Waals surface area contributed by atoms with Crippen LogP contribution in [0, 0.1) is 6.92 Å². The third-order valence-corrected chi connectivity index (χ3v) is 9.61. The predicted molar refractivity (Wildman–Crippen MR) is 175 cm³/mol. The summed E-state index contributed by atoms with van der Waals surface area (Å²) in [6.45, 7) is 3.20. The van der Waals surface area contributed by atoms with Gasteiger partial charge in [0.25, 0.3) is 0 Å². The lowest BCUT2D eigenvalue weighted by Crippen LogP contribution is -2.52. The fourth-order valence-corrected chi connectivity index (χ4v) is 6.96. The number of hydrogen-bond donors (Lipinski definition) is 1. The number of carbonyl (C=O) groups is 2. The molecule has 2 aliphatic rings.